The minimum atomic E-state index is 0.189. The molecule has 1 aromatic heterocycles. The van der Waals surface area contributed by atoms with Gasteiger partial charge in [0.25, 0.3) is 0 Å². The molecule has 1 unspecified atom stereocenters. The van der Waals surface area contributed by atoms with Crippen LogP contribution in [0.2, 0.25) is 5.02 Å². The largest absolute Gasteiger partial charge is 0.454 e. The molecule has 2 aromatic rings. The number of aromatic amines is 1. The summed E-state index contributed by atoms with van der Waals surface area (Å²) in [5, 5.41) is 4.04. The standard InChI is InChI=1S/C14H16ClN3O2/c1-2-11(14-16-3-4-17-14)18-7-9-5-10(15)13-12(6-9)19-8-20-13/h3-6,11,18H,2,7-8H2,1H3,(H,16,17). The quantitative estimate of drug-likeness (QED) is 0.889. The Morgan fingerprint density at radius 2 is 2.35 bits per heavy atom. The van der Waals surface area contributed by atoms with Crippen LogP contribution < -0.4 is 14.8 Å². The fourth-order valence-electron chi connectivity index (χ4n) is 2.27. The van der Waals surface area contributed by atoms with E-state index in [1.807, 2.05) is 18.3 Å². The fraction of sp³-hybridized carbons (Fsp3) is 0.357. The highest BCUT2D eigenvalue weighted by Gasteiger charge is 2.19. The van der Waals surface area contributed by atoms with Crippen molar-refractivity contribution in [3.8, 4) is 11.5 Å². The third-order valence-electron chi connectivity index (χ3n) is 3.30. The number of nitrogens with zero attached hydrogens (tertiary/aromatic N) is 1. The molecule has 0 bridgehead atoms. The molecular formula is C14H16ClN3O2. The Kier molecular flexibility index (Phi) is 3.80. The molecule has 2 N–H and O–H groups in total. The summed E-state index contributed by atoms with van der Waals surface area (Å²) in [4.78, 5) is 7.42. The molecule has 106 valence electrons. The average molecular weight is 294 g/mol. The zero-order valence-electron chi connectivity index (χ0n) is 11.1. The Morgan fingerprint density at radius 3 is 3.10 bits per heavy atom. The van der Waals surface area contributed by atoms with Gasteiger partial charge in [0.2, 0.25) is 6.79 Å². The van der Waals surface area contributed by atoms with E-state index in [0.717, 1.165) is 17.8 Å². The number of halogens is 1. The van der Waals surface area contributed by atoms with E-state index < -0.39 is 0 Å². The predicted octanol–water partition coefficient (Wildman–Crippen LogP) is 3.03. The van der Waals surface area contributed by atoms with Crippen LogP contribution in [0.1, 0.15) is 30.8 Å². The zero-order chi connectivity index (χ0) is 13.9. The van der Waals surface area contributed by atoms with Crippen LogP contribution in [0.25, 0.3) is 0 Å². The second-order valence-corrected chi connectivity index (χ2v) is 5.03. The van der Waals surface area contributed by atoms with Crippen LogP contribution in [0.15, 0.2) is 24.5 Å². The molecule has 20 heavy (non-hydrogen) atoms. The van der Waals surface area contributed by atoms with Crippen molar-refractivity contribution in [2.24, 2.45) is 0 Å². The van der Waals surface area contributed by atoms with E-state index in [1.165, 1.54) is 0 Å². The molecule has 0 amide bonds. The molecule has 6 heteroatoms. The number of fused-ring (bicyclic) bond motifs is 1. The van der Waals surface area contributed by atoms with E-state index in [1.54, 1.807) is 6.20 Å². The molecule has 2 heterocycles. The van der Waals surface area contributed by atoms with E-state index in [9.17, 15) is 0 Å². The maximum Gasteiger partial charge on any atom is 0.231 e. The van der Waals surface area contributed by atoms with Gasteiger partial charge in [-0.3, -0.25) is 0 Å². The molecule has 5 nitrogen and oxygen atoms in total. The number of rotatable bonds is 5. The first-order chi connectivity index (χ1) is 9.78. The van der Waals surface area contributed by atoms with Gasteiger partial charge in [0.1, 0.15) is 5.82 Å². The van der Waals surface area contributed by atoms with E-state index in [4.69, 9.17) is 21.1 Å². The molecule has 0 radical (unpaired) electrons. The highest BCUT2D eigenvalue weighted by Crippen LogP contribution is 2.39. The van der Waals surface area contributed by atoms with Crippen LogP contribution in [-0.4, -0.2) is 16.8 Å². The Hall–Kier alpha value is -1.72. The molecule has 1 atom stereocenters. The van der Waals surface area contributed by atoms with Gasteiger partial charge < -0.3 is 19.8 Å². The molecule has 1 aliphatic heterocycles. The number of benzene rings is 1. The molecule has 3 rings (SSSR count). The first-order valence-corrected chi connectivity index (χ1v) is 6.96. The van der Waals surface area contributed by atoms with Gasteiger partial charge in [0.05, 0.1) is 11.1 Å². The Morgan fingerprint density at radius 1 is 1.45 bits per heavy atom. The number of ether oxygens (including phenoxy) is 2. The third-order valence-corrected chi connectivity index (χ3v) is 3.58. The van der Waals surface area contributed by atoms with Gasteiger partial charge in [-0.25, -0.2) is 4.98 Å². The molecular weight excluding hydrogens is 278 g/mol. The van der Waals surface area contributed by atoms with E-state index >= 15 is 0 Å². The van der Waals surface area contributed by atoms with Crippen LogP contribution >= 0.6 is 11.6 Å². The van der Waals surface area contributed by atoms with Gasteiger partial charge in [0, 0.05) is 18.9 Å². The Bertz CT molecular complexity index is 586. The number of aromatic nitrogens is 2. The molecule has 1 aliphatic rings. The number of imidazole rings is 1. The first-order valence-electron chi connectivity index (χ1n) is 6.58. The Balaban J connectivity index is 1.71. The van der Waals surface area contributed by atoms with Crippen molar-refractivity contribution < 1.29 is 9.47 Å². The summed E-state index contributed by atoms with van der Waals surface area (Å²) in [5.41, 5.74) is 1.06. The lowest BCUT2D eigenvalue weighted by Crippen LogP contribution is -2.21. The number of hydrogen-bond acceptors (Lipinski definition) is 4. The van der Waals surface area contributed by atoms with Crippen molar-refractivity contribution >= 4 is 11.6 Å². The summed E-state index contributed by atoms with van der Waals surface area (Å²) in [7, 11) is 0. The second-order valence-electron chi connectivity index (χ2n) is 4.63. The van der Waals surface area contributed by atoms with Crippen LogP contribution in [-0.2, 0) is 6.54 Å². The summed E-state index contributed by atoms with van der Waals surface area (Å²) in [6.45, 7) is 3.04. The minimum absolute atomic E-state index is 0.189. The summed E-state index contributed by atoms with van der Waals surface area (Å²) in [5.74, 6) is 2.29. The zero-order valence-corrected chi connectivity index (χ0v) is 11.9. The van der Waals surface area contributed by atoms with E-state index in [0.29, 0.717) is 23.1 Å². The van der Waals surface area contributed by atoms with Crippen LogP contribution in [0.5, 0.6) is 11.5 Å². The van der Waals surface area contributed by atoms with E-state index in [2.05, 4.69) is 22.2 Å². The summed E-state index contributed by atoms with van der Waals surface area (Å²) < 4.78 is 10.7. The summed E-state index contributed by atoms with van der Waals surface area (Å²) in [6, 6.07) is 4.04. The van der Waals surface area contributed by atoms with Gasteiger partial charge in [0.15, 0.2) is 11.5 Å². The number of nitrogens with one attached hydrogen (secondary N) is 2. The molecule has 0 saturated heterocycles. The van der Waals surface area contributed by atoms with Crippen LogP contribution in [0.4, 0.5) is 0 Å². The minimum Gasteiger partial charge on any atom is -0.454 e. The predicted molar refractivity (Wildman–Crippen MR) is 76.0 cm³/mol. The van der Waals surface area contributed by atoms with Gasteiger partial charge in [-0.05, 0) is 24.1 Å². The van der Waals surface area contributed by atoms with Crippen molar-refractivity contribution in [1.82, 2.24) is 15.3 Å². The lowest BCUT2D eigenvalue weighted by Gasteiger charge is -2.15. The SMILES string of the molecule is CCC(NCc1cc(Cl)c2c(c1)OCO2)c1ncc[nH]1. The topological polar surface area (TPSA) is 59.2 Å². The third kappa shape index (κ3) is 2.59. The molecule has 0 spiro atoms. The monoisotopic (exact) mass is 293 g/mol. The first kappa shape index (κ1) is 13.3. The maximum atomic E-state index is 6.17. The summed E-state index contributed by atoms with van der Waals surface area (Å²) >= 11 is 6.17. The van der Waals surface area contributed by atoms with Gasteiger partial charge >= 0.3 is 0 Å². The molecule has 1 aromatic carbocycles. The van der Waals surface area contributed by atoms with Crippen LogP contribution in [0, 0.1) is 0 Å². The smallest absolute Gasteiger partial charge is 0.231 e. The average Bonchev–Trinajstić information content (AvgIpc) is 3.10. The van der Waals surface area contributed by atoms with Crippen LogP contribution in [0.3, 0.4) is 0 Å². The summed E-state index contributed by atoms with van der Waals surface area (Å²) in [6.07, 6.45) is 4.54. The number of H-pyrrole nitrogens is 1. The van der Waals surface area contributed by atoms with Crippen molar-refractivity contribution in [2.45, 2.75) is 25.9 Å². The molecule has 0 aliphatic carbocycles. The van der Waals surface area contributed by atoms with Crippen molar-refractivity contribution in [1.29, 1.82) is 0 Å². The highest BCUT2D eigenvalue weighted by atomic mass is 35.5. The van der Waals surface area contributed by atoms with Gasteiger partial charge in [-0.2, -0.15) is 0 Å². The Labute approximate surface area is 122 Å². The van der Waals surface area contributed by atoms with E-state index in [-0.39, 0.29) is 12.8 Å². The molecule has 0 saturated carbocycles. The lowest BCUT2D eigenvalue weighted by molar-refractivity contribution is 0.174. The highest BCUT2D eigenvalue weighted by molar-refractivity contribution is 6.32. The van der Waals surface area contributed by atoms with Gasteiger partial charge in [-0.1, -0.05) is 18.5 Å². The van der Waals surface area contributed by atoms with Gasteiger partial charge in [-0.15, -0.1) is 0 Å². The normalized spacial score (nSPS) is 14.5. The number of hydrogen-bond donors (Lipinski definition) is 2. The maximum absolute atomic E-state index is 6.17. The van der Waals surface area contributed by atoms with Crippen molar-refractivity contribution in [3.63, 3.8) is 0 Å². The van der Waals surface area contributed by atoms with Crippen molar-refractivity contribution in [2.75, 3.05) is 6.79 Å². The molecule has 0 fully saturated rings. The van der Waals surface area contributed by atoms with Crippen molar-refractivity contribution in [3.05, 3.63) is 40.9 Å². The fourth-order valence-corrected chi connectivity index (χ4v) is 2.55. The second kappa shape index (κ2) is 5.73. The lowest BCUT2D eigenvalue weighted by atomic mass is 10.1.